The van der Waals surface area contributed by atoms with Crippen LogP contribution in [0.15, 0.2) is 36.4 Å². The van der Waals surface area contributed by atoms with Crippen molar-refractivity contribution < 1.29 is 23.9 Å². The minimum atomic E-state index is -0.759. The maximum atomic E-state index is 13.3. The average molecular weight is 484 g/mol. The summed E-state index contributed by atoms with van der Waals surface area (Å²) < 4.78 is 11.1. The minimum Gasteiger partial charge on any atom is -0.486 e. The first kappa shape index (κ1) is 22.5. The molecule has 9 heteroatoms. The van der Waals surface area contributed by atoms with Gasteiger partial charge in [-0.25, -0.2) is 0 Å². The largest absolute Gasteiger partial charge is 0.486 e. The molecule has 0 spiro atoms. The summed E-state index contributed by atoms with van der Waals surface area (Å²) in [6.07, 6.45) is 1.64. The molecule has 0 bridgehead atoms. The van der Waals surface area contributed by atoms with Crippen molar-refractivity contribution in [3.63, 3.8) is 0 Å². The average Bonchev–Trinajstić information content (AvgIpc) is 3.14. The Morgan fingerprint density at radius 3 is 2.82 bits per heavy atom. The SMILES string of the molecule is CC12CCC(=O)N1c1ccccc1C(=O)N2CCC(=O)NCCc1cc(Cl)c2c(c1)OCCO2. The highest BCUT2D eigenvalue weighted by Gasteiger charge is 2.52. The highest BCUT2D eigenvalue weighted by molar-refractivity contribution is 6.32. The van der Waals surface area contributed by atoms with E-state index in [0.29, 0.717) is 66.8 Å². The van der Waals surface area contributed by atoms with Crippen LogP contribution in [0, 0.1) is 0 Å². The molecule has 3 heterocycles. The van der Waals surface area contributed by atoms with Crippen LogP contribution in [0.3, 0.4) is 0 Å². The van der Waals surface area contributed by atoms with Gasteiger partial charge in [0.05, 0.1) is 16.3 Å². The van der Waals surface area contributed by atoms with Crippen LogP contribution < -0.4 is 19.7 Å². The van der Waals surface area contributed by atoms with Crippen LogP contribution in [0.1, 0.15) is 42.1 Å². The Labute approximate surface area is 202 Å². The van der Waals surface area contributed by atoms with E-state index in [1.807, 2.05) is 31.2 Å². The first-order chi connectivity index (χ1) is 16.4. The van der Waals surface area contributed by atoms with E-state index in [4.69, 9.17) is 21.1 Å². The molecule has 2 aromatic carbocycles. The molecule has 1 unspecified atom stereocenters. The Kier molecular flexibility index (Phi) is 5.85. The van der Waals surface area contributed by atoms with Crippen molar-refractivity contribution in [2.45, 2.75) is 38.3 Å². The molecule has 1 saturated heterocycles. The molecule has 8 nitrogen and oxygen atoms in total. The Bertz CT molecular complexity index is 1170. The smallest absolute Gasteiger partial charge is 0.257 e. The van der Waals surface area contributed by atoms with Gasteiger partial charge in [0.25, 0.3) is 5.91 Å². The standard InChI is InChI=1S/C25H26ClN3O5/c1-25-9-6-22(31)29(25)19-5-3-2-4-17(19)24(32)28(25)11-8-21(30)27-10-7-16-14-18(26)23-20(15-16)33-12-13-34-23/h2-5,14-15H,6-13H2,1H3,(H,27,30). The number of hydrogen-bond donors (Lipinski definition) is 1. The summed E-state index contributed by atoms with van der Waals surface area (Å²) in [6, 6.07) is 10.9. The minimum absolute atomic E-state index is 0.00464. The monoisotopic (exact) mass is 483 g/mol. The topological polar surface area (TPSA) is 88.2 Å². The van der Waals surface area contributed by atoms with Crippen molar-refractivity contribution in [1.29, 1.82) is 0 Å². The van der Waals surface area contributed by atoms with Crippen LogP contribution in [-0.4, -0.2) is 54.6 Å². The van der Waals surface area contributed by atoms with Crippen molar-refractivity contribution >= 4 is 35.0 Å². The first-order valence-electron chi connectivity index (χ1n) is 11.5. The molecule has 1 atom stereocenters. The molecule has 1 fully saturated rings. The van der Waals surface area contributed by atoms with Gasteiger partial charge in [0, 0.05) is 25.9 Å². The zero-order chi connectivity index (χ0) is 23.9. The molecule has 3 aliphatic rings. The second-order valence-electron chi connectivity index (χ2n) is 8.87. The maximum Gasteiger partial charge on any atom is 0.257 e. The van der Waals surface area contributed by atoms with E-state index in [1.54, 1.807) is 21.9 Å². The predicted octanol–water partition coefficient (Wildman–Crippen LogP) is 3.16. The van der Waals surface area contributed by atoms with E-state index in [2.05, 4.69) is 5.32 Å². The predicted molar refractivity (Wildman–Crippen MR) is 126 cm³/mol. The van der Waals surface area contributed by atoms with E-state index in [0.717, 1.165) is 5.56 Å². The first-order valence-corrected chi connectivity index (χ1v) is 11.8. The van der Waals surface area contributed by atoms with Gasteiger partial charge in [-0.3, -0.25) is 19.3 Å². The van der Waals surface area contributed by atoms with Crippen LogP contribution in [-0.2, 0) is 16.0 Å². The molecule has 0 aliphatic carbocycles. The molecule has 0 aromatic heterocycles. The van der Waals surface area contributed by atoms with Crippen molar-refractivity contribution in [2.75, 3.05) is 31.2 Å². The van der Waals surface area contributed by atoms with Crippen LogP contribution >= 0.6 is 11.6 Å². The Morgan fingerprint density at radius 1 is 1.18 bits per heavy atom. The second-order valence-corrected chi connectivity index (χ2v) is 9.28. The van der Waals surface area contributed by atoms with Crippen LogP contribution in [0.25, 0.3) is 0 Å². The van der Waals surface area contributed by atoms with E-state index in [1.165, 1.54) is 0 Å². The van der Waals surface area contributed by atoms with Crippen LogP contribution in [0.2, 0.25) is 5.02 Å². The van der Waals surface area contributed by atoms with Crippen molar-refractivity contribution in [1.82, 2.24) is 10.2 Å². The Balaban J connectivity index is 1.21. The molecule has 0 radical (unpaired) electrons. The summed E-state index contributed by atoms with van der Waals surface area (Å²) in [7, 11) is 0. The zero-order valence-electron chi connectivity index (χ0n) is 18.9. The van der Waals surface area contributed by atoms with E-state index >= 15 is 0 Å². The van der Waals surface area contributed by atoms with Gasteiger partial charge in [0.1, 0.15) is 18.9 Å². The third kappa shape index (κ3) is 3.86. The summed E-state index contributed by atoms with van der Waals surface area (Å²) >= 11 is 6.28. The number of benzene rings is 2. The number of hydrogen-bond acceptors (Lipinski definition) is 5. The summed E-state index contributed by atoms with van der Waals surface area (Å²) in [6.45, 7) is 3.50. The summed E-state index contributed by atoms with van der Waals surface area (Å²) in [5.41, 5.74) is 1.32. The number of fused-ring (bicyclic) bond motifs is 4. The van der Waals surface area contributed by atoms with Gasteiger partial charge in [-0.1, -0.05) is 23.7 Å². The van der Waals surface area contributed by atoms with Gasteiger partial charge in [0.15, 0.2) is 11.5 Å². The maximum absolute atomic E-state index is 13.3. The molecule has 178 valence electrons. The normalized spacial score (nSPS) is 20.8. The Morgan fingerprint density at radius 2 is 1.97 bits per heavy atom. The second kappa shape index (κ2) is 8.83. The molecule has 0 saturated carbocycles. The molecule has 3 aliphatic heterocycles. The number of rotatable bonds is 6. The quantitative estimate of drug-likeness (QED) is 0.682. The number of nitrogens with one attached hydrogen (secondary N) is 1. The van der Waals surface area contributed by atoms with Gasteiger partial charge in [-0.2, -0.15) is 0 Å². The third-order valence-corrected chi connectivity index (χ3v) is 6.98. The lowest BCUT2D eigenvalue weighted by Crippen LogP contribution is -2.62. The third-order valence-electron chi connectivity index (χ3n) is 6.70. The number of carbonyl (C=O) groups excluding carboxylic acids is 3. The highest BCUT2D eigenvalue weighted by Crippen LogP contribution is 2.44. The fourth-order valence-electron chi connectivity index (χ4n) is 5.00. The van der Waals surface area contributed by atoms with Crippen LogP contribution in [0.4, 0.5) is 5.69 Å². The van der Waals surface area contributed by atoms with E-state index < -0.39 is 5.66 Å². The lowest BCUT2D eigenvalue weighted by molar-refractivity contribution is -0.121. The Hall–Kier alpha value is -3.26. The molecule has 3 amide bonds. The molecule has 5 rings (SSSR count). The number of ether oxygens (including phenoxy) is 2. The molecular weight excluding hydrogens is 458 g/mol. The number of halogens is 1. The van der Waals surface area contributed by atoms with Gasteiger partial charge < -0.3 is 19.7 Å². The fourth-order valence-corrected chi connectivity index (χ4v) is 5.29. The van der Waals surface area contributed by atoms with Gasteiger partial charge >= 0.3 is 0 Å². The van der Waals surface area contributed by atoms with Crippen LogP contribution in [0.5, 0.6) is 11.5 Å². The van der Waals surface area contributed by atoms with Crippen molar-refractivity contribution in [2.24, 2.45) is 0 Å². The lowest BCUT2D eigenvalue weighted by atomic mass is 9.98. The number of amides is 3. The number of nitrogens with zero attached hydrogens (tertiary/aromatic N) is 2. The summed E-state index contributed by atoms with van der Waals surface area (Å²) in [5, 5.41) is 3.40. The zero-order valence-corrected chi connectivity index (χ0v) is 19.7. The molecular formula is C25H26ClN3O5. The van der Waals surface area contributed by atoms with Gasteiger partial charge in [-0.15, -0.1) is 0 Å². The van der Waals surface area contributed by atoms with Crippen molar-refractivity contribution in [3.8, 4) is 11.5 Å². The summed E-state index contributed by atoms with van der Waals surface area (Å²) in [5.74, 6) is 0.863. The fraction of sp³-hybridized carbons (Fsp3) is 0.400. The van der Waals surface area contributed by atoms with Gasteiger partial charge in [0.2, 0.25) is 11.8 Å². The van der Waals surface area contributed by atoms with E-state index in [9.17, 15) is 14.4 Å². The highest BCUT2D eigenvalue weighted by atomic mass is 35.5. The summed E-state index contributed by atoms with van der Waals surface area (Å²) in [4.78, 5) is 41.9. The lowest BCUT2D eigenvalue weighted by Gasteiger charge is -2.48. The molecule has 1 N–H and O–H groups in total. The molecule has 34 heavy (non-hydrogen) atoms. The number of para-hydroxylation sites is 1. The van der Waals surface area contributed by atoms with Gasteiger partial charge in [-0.05, 0) is 49.6 Å². The van der Waals surface area contributed by atoms with E-state index in [-0.39, 0.29) is 30.7 Å². The number of anilines is 1. The van der Waals surface area contributed by atoms with Crippen molar-refractivity contribution in [3.05, 3.63) is 52.5 Å². The molecule has 2 aromatic rings. The number of carbonyl (C=O) groups is 3.